The zero-order valence-corrected chi connectivity index (χ0v) is 18.6. The molecule has 0 unspecified atom stereocenters. The number of hydrazone groups is 1. The molecule has 5 aromatic rings. The smallest absolute Gasteiger partial charge is 0.265 e. The van der Waals surface area contributed by atoms with Gasteiger partial charge in [0.1, 0.15) is 11.3 Å². The predicted molar refractivity (Wildman–Crippen MR) is 133 cm³/mol. The summed E-state index contributed by atoms with van der Waals surface area (Å²) >= 11 is 0. The molecule has 5 rings (SSSR count). The lowest BCUT2D eigenvalue weighted by Gasteiger charge is -2.07. The van der Waals surface area contributed by atoms with Crippen LogP contribution in [-0.2, 0) is 7.05 Å². The molecule has 0 saturated heterocycles. The average Bonchev–Trinajstić information content (AvgIpc) is 3.15. The quantitative estimate of drug-likeness (QED) is 0.272. The van der Waals surface area contributed by atoms with E-state index in [1.165, 1.54) is 0 Å². The molecule has 2 aromatic heterocycles. The molecule has 0 atom stereocenters. The van der Waals surface area contributed by atoms with Gasteiger partial charge in [0.25, 0.3) is 5.95 Å². The van der Waals surface area contributed by atoms with E-state index in [1.807, 2.05) is 54.1 Å². The Hall–Kier alpha value is -4.26. The lowest BCUT2D eigenvalue weighted by molar-refractivity contribution is 0.317. The van der Waals surface area contributed by atoms with Gasteiger partial charge in [-0.05, 0) is 41.8 Å². The maximum absolute atomic E-state index is 5.77. The second kappa shape index (κ2) is 9.08. The van der Waals surface area contributed by atoms with Gasteiger partial charge in [-0.15, -0.1) is 10.2 Å². The molecule has 7 nitrogen and oxygen atoms in total. The van der Waals surface area contributed by atoms with Gasteiger partial charge in [-0.2, -0.15) is 10.1 Å². The van der Waals surface area contributed by atoms with Gasteiger partial charge in [-0.25, -0.2) is 5.43 Å². The van der Waals surface area contributed by atoms with Crippen molar-refractivity contribution in [2.24, 2.45) is 12.1 Å². The third kappa shape index (κ3) is 4.13. The van der Waals surface area contributed by atoms with E-state index in [2.05, 4.69) is 63.0 Å². The first-order chi connectivity index (χ1) is 16.2. The molecular formula is C26H24N6O. The van der Waals surface area contributed by atoms with Gasteiger partial charge < -0.3 is 9.30 Å². The molecule has 0 aliphatic rings. The van der Waals surface area contributed by atoms with E-state index in [-0.39, 0.29) is 0 Å². The molecule has 164 valence electrons. The fourth-order valence-corrected chi connectivity index (χ4v) is 3.81. The third-order valence-corrected chi connectivity index (χ3v) is 5.46. The number of benzene rings is 3. The lowest BCUT2D eigenvalue weighted by atomic mass is 10.0. The van der Waals surface area contributed by atoms with E-state index in [0.29, 0.717) is 12.6 Å². The SMILES string of the molecule is CCCOc1ccccc1/C=N\Nc1nnc2c3cc(-c4ccccc4)ccc3n(C)c2n1. The number of hydrogen-bond acceptors (Lipinski definition) is 6. The van der Waals surface area contributed by atoms with Crippen molar-refractivity contribution in [3.05, 3.63) is 78.4 Å². The molecule has 0 aliphatic carbocycles. The Balaban J connectivity index is 1.44. The Morgan fingerprint density at radius 2 is 1.79 bits per heavy atom. The molecule has 0 bridgehead atoms. The summed E-state index contributed by atoms with van der Waals surface area (Å²) in [5.74, 6) is 1.13. The molecule has 1 N–H and O–H groups in total. The van der Waals surface area contributed by atoms with E-state index in [4.69, 9.17) is 4.74 Å². The van der Waals surface area contributed by atoms with Crippen LogP contribution >= 0.6 is 0 Å². The van der Waals surface area contributed by atoms with Crippen molar-refractivity contribution in [2.75, 3.05) is 12.0 Å². The van der Waals surface area contributed by atoms with Crippen LogP contribution in [0.15, 0.2) is 77.9 Å². The first-order valence-corrected chi connectivity index (χ1v) is 10.9. The summed E-state index contributed by atoms with van der Waals surface area (Å²) in [6.45, 7) is 2.74. The number of ether oxygens (including phenoxy) is 1. The van der Waals surface area contributed by atoms with Crippen molar-refractivity contribution in [1.82, 2.24) is 19.7 Å². The van der Waals surface area contributed by atoms with Crippen molar-refractivity contribution in [3.63, 3.8) is 0 Å². The molecule has 0 fully saturated rings. The highest BCUT2D eigenvalue weighted by Crippen LogP contribution is 2.30. The Morgan fingerprint density at radius 3 is 2.64 bits per heavy atom. The highest BCUT2D eigenvalue weighted by atomic mass is 16.5. The van der Waals surface area contributed by atoms with E-state index in [9.17, 15) is 0 Å². The third-order valence-electron chi connectivity index (χ3n) is 5.46. The maximum Gasteiger partial charge on any atom is 0.265 e. The van der Waals surface area contributed by atoms with Crippen molar-refractivity contribution < 1.29 is 4.74 Å². The van der Waals surface area contributed by atoms with E-state index in [0.717, 1.165) is 50.9 Å². The van der Waals surface area contributed by atoms with E-state index >= 15 is 0 Å². The molecular weight excluding hydrogens is 412 g/mol. The lowest BCUT2D eigenvalue weighted by Crippen LogP contribution is -2.02. The highest BCUT2D eigenvalue weighted by Gasteiger charge is 2.13. The van der Waals surface area contributed by atoms with Gasteiger partial charge in [0.05, 0.1) is 18.3 Å². The maximum atomic E-state index is 5.77. The Kier molecular flexibility index (Phi) is 5.68. The molecule has 0 saturated carbocycles. The van der Waals surface area contributed by atoms with Crippen LogP contribution in [0.3, 0.4) is 0 Å². The normalized spacial score (nSPS) is 11.5. The number of fused-ring (bicyclic) bond motifs is 3. The van der Waals surface area contributed by atoms with Crippen LogP contribution in [0.25, 0.3) is 33.2 Å². The number of aryl methyl sites for hydroxylation is 1. The van der Waals surface area contributed by atoms with Crippen LogP contribution in [0.4, 0.5) is 5.95 Å². The van der Waals surface area contributed by atoms with Crippen molar-refractivity contribution in [2.45, 2.75) is 13.3 Å². The van der Waals surface area contributed by atoms with E-state index in [1.54, 1.807) is 6.21 Å². The number of aromatic nitrogens is 4. The number of hydrogen-bond donors (Lipinski definition) is 1. The van der Waals surface area contributed by atoms with Crippen LogP contribution in [0.1, 0.15) is 18.9 Å². The van der Waals surface area contributed by atoms with Crippen LogP contribution in [0.2, 0.25) is 0 Å². The molecule has 7 heteroatoms. The summed E-state index contributed by atoms with van der Waals surface area (Å²) in [5, 5.41) is 14.0. The monoisotopic (exact) mass is 436 g/mol. The minimum Gasteiger partial charge on any atom is -0.493 e. The second-order valence-electron chi connectivity index (χ2n) is 7.72. The first-order valence-electron chi connectivity index (χ1n) is 10.9. The topological polar surface area (TPSA) is 77.2 Å². The minimum absolute atomic E-state index is 0.333. The molecule has 33 heavy (non-hydrogen) atoms. The Labute approximate surface area is 191 Å². The average molecular weight is 437 g/mol. The summed E-state index contributed by atoms with van der Waals surface area (Å²) in [5.41, 5.74) is 8.62. The zero-order chi connectivity index (χ0) is 22.6. The first kappa shape index (κ1) is 20.6. The zero-order valence-electron chi connectivity index (χ0n) is 18.6. The van der Waals surface area contributed by atoms with Crippen LogP contribution < -0.4 is 10.2 Å². The van der Waals surface area contributed by atoms with Gasteiger partial charge in [-0.3, -0.25) is 0 Å². The number of nitrogens with one attached hydrogen (secondary N) is 1. The number of anilines is 1. The van der Waals surface area contributed by atoms with Crippen LogP contribution in [0.5, 0.6) is 5.75 Å². The summed E-state index contributed by atoms with van der Waals surface area (Å²) in [4.78, 5) is 4.65. The fourth-order valence-electron chi connectivity index (χ4n) is 3.81. The van der Waals surface area contributed by atoms with Crippen molar-refractivity contribution in [1.29, 1.82) is 0 Å². The molecule has 0 radical (unpaired) electrons. The second-order valence-corrected chi connectivity index (χ2v) is 7.72. The number of nitrogens with zero attached hydrogens (tertiary/aromatic N) is 5. The number of para-hydroxylation sites is 1. The summed E-state index contributed by atoms with van der Waals surface area (Å²) < 4.78 is 7.80. The van der Waals surface area contributed by atoms with Gasteiger partial charge in [0.2, 0.25) is 0 Å². The summed E-state index contributed by atoms with van der Waals surface area (Å²) in [6, 6.07) is 24.4. The van der Waals surface area contributed by atoms with Crippen molar-refractivity contribution >= 4 is 34.2 Å². The molecule has 0 amide bonds. The largest absolute Gasteiger partial charge is 0.493 e. The molecule has 3 aromatic carbocycles. The van der Waals surface area contributed by atoms with E-state index < -0.39 is 0 Å². The molecule has 2 heterocycles. The van der Waals surface area contributed by atoms with Crippen molar-refractivity contribution in [3.8, 4) is 16.9 Å². The summed E-state index contributed by atoms with van der Waals surface area (Å²) in [7, 11) is 1.98. The fraction of sp³-hybridized carbons (Fsp3) is 0.154. The van der Waals surface area contributed by atoms with Gasteiger partial charge in [-0.1, -0.05) is 55.5 Å². The predicted octanol–water partition coefficient (Wildman–Crippen LogP) is 5.42. The molecule has 0 spiro atoms. The Morgan fingerprint density at radius 1 is 0.970 bits per heavy atom. The minimum atomic E-state index is 0.333. The standard InChI is InChI=1S/C26H24N6O/c1-3-15-33-23-12-8-7-11-20(23)17-27-30-26-28-25-24(29-31-26)21-16-19(13-14-22(21)32(25)2)18-9-5-4-6-10-18/h4-14,16-17H,3,15H2,1-2H3,(H,28,30,31)/b27-17-. The Bertz CT molecular complexity index is 1440. The van der Waals surface area contributed by atoms with Crippen LogP contribution in [0, 0.1) is 0 Å². The van der Waals surface area contributed by atoms with Gasteiger partial charge in [0.15, 0.2) is 5.65 Å². The highest BCUT2D eigenvalue weighted by molar-refractivity contribution is 6.05. The van der Waals surface area contributed by atoms with Crippen LogP contribution in [-0.4, -0.2) is 32.6 Å². The molecule has 0 aliphatic heterocycles. The summed E-state index contributed by atoms with van der Waals surface area (Å²) in [6.07, 6.45) is 2.65. The number of rotatable bonds is 7. The van der Waals surface area contributed by atoms with Gasteiger partial charge >= 0.3 is 0 Å². The van der Waals surface area contributed by atoms with Gasteiger partial charge in [0, 0.05) is 18.0 Å².